The van der Waals surface area contributed by atoms with Crippen LogP contribution in [0.15, 0.2) is 29.4 Å². The fraction of sp³-hybridized carbons (Fsp3) is 0. The maximum absolute atomic E-state index is 10.3. The van der Waals surface area contributed by atoms with E-state index >= 15 is 0 Å². The average molecular weight is 165 g/mol. The number of nitroso groups, excluding NO2 is 1. The van der Waals surface area contributed by atoms with E-state index in [0.29, 0.717) is 11.4 Å². The molecule has 12 heavy (non-hydrogen) atoms. The van der Waals surface area contributed by atoms with Crippen molar-refractivity contribution in [2.24, 2.45) is 10.9 Å². The van der Waals surface area contributed by atoms with Gasteiger partial charge in [0.1, 0.15) is 5.69 Å². The summed E-state index contributed by atoms with van der Waals surface area (Å²) in [4.78, 5) is 20.3. The van der Waals surface area contributed by atoms with Gasteiger partial charge in [-0.15, -0.1) is 4.91 Å². The minimum atomic E-state index is -0.637. The highest BCUT2D eigenvalue weighted by molar-refractivity contribution is 5.87. The number of nitrogens with one attached hydrogen (secondary N) is 1. The highest BCUT2D eigenvalue weighted by atomic mass is 16.3. The Hall–Kier alpha value is -1.91. The summed E-state index contributed by atoms with van der Waals surface area (Å²) in [6.07, 6.45) is 0. The van der Waals surface area contributed by atoms with E-state index in [4.69, 9.17) is 5.73 Å². The van der Waals surface area contributed by atoms with Crippen molar-refractivity contribution in [2.45, 2.75) is 0 Å². The molecular weight excluding hydrogens is 158 g/mol. The third-order valence-electron chi connectivity index (χ3n) is 1.24. The molecule has 0 aliphatic carbocycles. The fourth-order valence-electron chi connectivity index (χ4n) is 0.748. The lowest BCUT2D eigenvalue weighted by molar-refractivity contribution is 0.259. The monoisotopic (exact) mass is 165 g/mol. The number of nitrogens with zero attached hydrogens (tertiary/aromatic N) is 1. The van der Waals surface area contributed by atoms with Crippen molar-refractivity contribution < 1.29 is 4.79 Å². The molecule has 3 N–H and O–H groups in total. The van der Waals surface area contributed by atoms with E-state index in [0.717, 1.165) is 0 Å². The van der Waals surface area contributed by atoms with Crippen molar-refractivity contribution in [3.8, 4) is 0 Å². The molecule has 0 saturated carbocycles. The maximum atomic E-state index is 10.3. The van der Waals surface area contributed by atoms with Gasteiger partial charge in [-0.1, -0.05) is 0 Å². The van der Waals surface area contributed by atoms with Gasteiger partial charge < -0.3 is 11.1 Å². The first-order valence-electron chi connectivity index (χ1n) is 3.22. The molecule has 0 aliphatic rings. The van der Waals surface area contributed by atoms with Crippen LogP contribution in [0.4, 0.5) is 16.2 Å². The first-order chi connectivity index (χ1) is 5.72. The maximum Gasteiger partial charge on any atom is 0.316 e. The minimum absolute atomic E-state index is 0.310. The van der Waals surface area contributed by atoms with E-state index in [9.17, 15) is 9.70 Å². The average Bonchev–Trinajstić information content (AvgIpc) is 2.05. The predicted octanol–water partition coefficient (Wildman–Crippen LogP) is 1.58. The third kappa shape index (κ3) is 2.05. The largest absolute Gasteiger partial charge is 0.351 e. The summed E-state index contributed by atoms with van der Waals surface area (Å²) in [5.41, 5.74) is 5.71. The molecule has 0 aromatic heterocycles. The second-order valence-corrected chi connectivity index (χ2v) is 2.13. The van der Waals surface area contributed by atoms with Gasteiger partial charge in [-0.3, -0.25) is 0 Å². The molecule has 0 saturated heterocycles. The Morgan fingerprint density at radius 2 is 1.92 bits per heavy atom. The second-order valence-electron chi connectivity index (χ2n) is 2.13. The Bertz CT molecular complexity index is 294. The summed E-state index contributed by atoms with van der Waals surface area (Å²) < 4.78 is 0. The van der Waals surface area contributed by atoms with E-state index in [2.05, 4.69) is 10.5 Å². The smallest absolute Gasteiger partial charge is 0.316 e. The van der Waals surface area contributed by atoms with Gasteiger partial charge in [0.15, 0.2) is 0 Å². The molecule has 1 aromatic rings. The normalized spacial score (nSPS) is 9.00. The number of primary amides is 1. The van der Waals surface area contributed by atoms with Crippen molar-refractivity contribution in [1.82, 2.24) is 0 Å². The van der Waals surface area contributed by atoms with Crippen molar-refractivity contribution in [3.63, 3.8) is 0 Å². The van der Waals surface area contributed by atoms with Crippen LogP contribution in [0.1, 0.15) is 0 Å². The molecule has 1 aromatic carbocycles. The van der Waals surface area contributed by atoms with E-state index in [1.807, 2.05) is 0 Å². The number of hydrogen-bond acceptors (Lipinski definition) is 3. The molecule has 5 nitrogen and oxygen atoms in total. The van der Waals surface area contributed by atoms with Crippen LogP contribution in [-0.4, -0.2) is 6.03 Å². The highest BCUT2D eigenvalue weighted by Gasteiger charge is 1.95. The molecule has 5 heteroatoms. The summed E-state index contributed by atoms with van der Waals surface area (Å²) in [5.74, 6) is 0. The van der Waals surface area contributed by atoms with E-state index in [1.54, 1.807) is 12.1 Å². The Morgan fingerprint density at radius 1 is 1.33 bits per heavy atom. The van der Waals surface area contributed by atoms with Gasteiger partial charge in [0, 0.05) is 5.69 Å². The number of rotatable bonds is 2. The van der Waals surface area contributed by atoms with Gasteiger partial charge in [0.25, 0.3) is 0 Å². The van der Waals surface area contributed by atoms with Crippen LogP contribution in [0.2, 0.25) is 0 Å². The van der Waals surface area contributed by atoms with Crippen LogP contribution in [0, 0.1) is 4.91 Å². The molecule has 0 unspecified atom stereocenters. The molecule has 62 valence electrons. The molecule has 0 fully saturated rings. The highest BCUT2D eigenvalue weighted by Crippen LogP contribution is 2.15. The lowest BCUT2D eigenvalue weighted by Crippen LogP contribution is -2.18. The zero-order valence-electron chi connectivity index (χ0n) is 6.15. The van der Waals surface area contributed by atoms with Crippen molar-refractivity contribution >= 4 is 17.4 Å². The van der Waals surface area contributed by atoms with Gasteiger partial charge in [-0.05, 0) is 29.4 Å². The van der Waals surface area contributed by atoms with E-state index in [-0.39, 0.29) is 0 Å². The summed E-state index contributed by atoms with van der Waals surface area (Å²) in [6.45, 7) is 0. The Morgan fingerprint density at radius 3 is 2.33 bits per heavy atom. The summed E-state index contributed by atoms with van der Waals surface area (Å²) in [6, 6.07) is 5.42. The first kappa shape index (κ1) is 8.19. The first-order valence-corrected chi connectivity index (χ1v) is 3.22. The number of nitrogens with two attached hydrogens (primary N) is 1. The van der Waals surface area contributed by atoms with Gasteiger partial charge in [-0.2, -0.15) is 0 Å². The van der Waals surface area contributed by atoms with Gasteiger partial charge in [0.05, 0.1) is 0 Å². The number of carbonyl (C=O) groups is 1. The molecule has 0 aliphatic heterocycles. The van der Waals surface area contributed by atoms with Crippen molar-refractivity contribution in [1.29, 1.82) is 0 Å². The van der Waals surface area contributed by atoms with Crippen LogP contribution in [0.5, 0.6) is 0 Å². The zero-order valence-corrected chi connectivity index (χ0v) is 6.15. The number of carbonyl (C=O) groups excluding carboxylic acids is 1. The second kappa shape index (κ2) is 3.47. The quantitative estimate of drug-likeness (QED) is 0.652. The van der Waals surface area contributed by atoms with Crippen LogP contribution >= 0.6 is 0 Å². The van der Waals surface area contributed by atoms with Gasteiger partial charge >= 0.3 is 6.03 Å². The Labute approximate surface area is 68.5 Å². The lowest BCUT2D eigenvalue weighted by Gasteiger charge is -1.99. The van der Waals surface area contributed by atoms with Crippen LogP contribution in [-0.2, 0) is 0 Å². The van der Waals surface area contributed by atoms with Crippen LogP contribution in [0.25, 0.3) is 0 Å². The number of benzene rings is 1. The predicted molar refractivity (Wildman–Crippen MR) is 45.1 cm³/mol. The lowest BCUT2D eigenvalue weighted by atomic mass is 10.3. The molecule has 2 amide bonds. The fourth-order valence-corrected chi connectivity index (χ4v) is 0.748. The molecule has 0 spiro atoms. The Kier molecular flexibility index (Phi) is 2.37. The minimum Gasteiger partial charge on any atom is -0.351 e. The number of hydrogen-bond donors (Lipinski definition) is 2. The van der Waals surface area contributed by atoms with Crippen LogP contribution < -0.4 is 11.1 Å². The van der Waals surface area contributed by atoms with Gasteiger partial charge in [0.2, 0.25) is 0 Å². The summed E-state index contributed by atoms with van der Waals surface area (Å²) >= 11 is 0. The van der Waals surface area contributed by atoms with Crippen LogP contribution in [0.3, 0.4) is 0 Å². The van der Waals surface area contributed by atoms with E-state index < -0.39 is 6.03 Å². The number of urea groups is 1. The molecule has 1 rings (SSSR count). The summed E-state index contributed by atoms with van der Waals surface area (Å²) in [7, 11) is 0. The topological polar surface area (TPSA) is 84.6 Å². The van der Waals surface area contributed by atoms with Crippen molar-refractivity contribution in [3.05, 3.63) is 29.2 Å². The number of anilines is 1. The number of amides is 2. The molecule has 0 heterocycles. The molecule has 0 bridgehead atoms. The molecule has 0 radical (unpaired) electrons. The SMILES string of the molecule is NC(=O)Nc1ccc(N=O)cc1. The van der Waals surface area contributed by atoms with Crippen molar-refractivity contribution in [2.75, 3.05) is 5.32 Å². The van der Waals surface area contributed by atoms with Gasteiger partial charge in [-0.25, -0.2) is 4.79 Å². The Balaban J connectivity index is 2.77. The van der Waals surface area contributed by atoms with E-state index in [1.165, 1.54) is 12.1 Å². The third-order valence-corrected chi connectivity index (χ3v) is 1.24. The molecule has 0 atom stereocenters. The molecular formula is C7H7N3O2. The zero-order chi connectivity index (χ0) is 8.97. The standard InChI is InChI=1S/C7H7N3O2/c8-7(11)9-5-1-3-6(10-12)4-2-5/h1-4H,(H3,8,9,11). The summed E-state index contributed by atoms with van der Waals surface area (Å²) in [5, 5.41) is 5.05.